The van der Waals surface area contributed by atoms with Crippen molar-refractivity contribution in [1.29, 1.82) is 0 Å². The Labute approximate surface area is 369 Å². The molecule has 0 fully saturated rings. The second kappa shape index (κ2) is 13.1. The standard InChI is InChI=1S/C61H37NS/c1-2-19-44-42(17-1)43-18-3-4-20-45(43)51-37-41(32-33-46(44)51)62(40-16-13-15-38(35-40)39-31-34-59-52(36-39)49-23-8-12-30-58(49)63-59)57-29-14-28-56-60(57)50-24-7-11-27-55(50)61(56)53-25-9-5-21-47(53)48-22-6-10-26-54(48)61/h1-37H. The number of fused-ring (bicyclic) bond motifs is 19. The molecule has 14 rings (SSSR count). The highest BCUT2D eigenvalue weighted by Gasteiger charge is 2.52. The zero-order valence-corrected chi connectivity index (χ0v) is 35.0. The molecule has 2 aliphatic carbocycles. The van der Waals surface area contributed by atoms with Gasteiger partial charge in [-0.3, -0.25) is 0 Å². The Bertz CT molecular complexity index is 3810. The van der Waals surface area contributed by atoms with Gasteiger partial charge in [0.05, 0.1) is 11.1 Å². The highest BCUT2D eigenvalue weighted by Crippen LogP contribution is 2.64. The molecule has 1 spiro atoms. The van der Waals surface area contributed by atoms with Crippen molar-refractivity contribution in [3.63, 3.8) is 0 Å². The van der Waals surface area contributed by atoms with Gasteiger partial charge in [-0.05, 0) is 131 Å². The summed E-state index contributed by atoms with van der Waals surface area (Å²) >= 11 is 1.87. The number of rotatable bonds is 4. The summed E-state index contributed by atoms with van der Waals surface area (Å²) in [4.78, 5) is 2.53. The molecule has 0 amide bonds. The average molecular weight is 816 g/mol. The Balaban J connectivity index is 1.06. The van der Waals surface area contributed by atoms with Gasteiger partial charge in [-0.25, -0.2) is 0 Å². The first-order valence-corrected chi connectivity index (χ1v) is 22.7. The maximum Gasteiger partial charge on any atom is 0.0726 e. The SMILES string of the molecule is c1cc(-c2ccc3sc4ccccc4c3c2)cc(N(c2ccc3c4ccccc4c4ccccc4c3c2)c2cccc3c2-c2ccccc2C32c3ccccc3-c3ccccc32)c1. The summed E-state index contributed by atoms with van der Waals surface area (Å²) in [5.41, 5.74) is 15.9. The topological polar surface area (TPSA) is 3.24 Å². The summed E-state index contributed by atoms with van der Waals surface area (Å²) in [5.74, 6) is 0. The van der Waals surface area contributed by atoms with Crippen LogP contribution in [0.5, 0.6) is 0 Å². The lowest BCUT2D eigenvalue weighted by molar-refractivity contribution is 0.794. The molecular weight excluding hydrogens is 779 g/mol. The van der Waals surface area contributed by atoms with Crippen LogP contribution in [-0.2, 0) is 5.41 Å². The Morgan fingerprint density at radius 3 is 1.52 bits per heavy atom. The van der Waals surface area contributed by atoms with E-state index in [-0.39, 0.29) is 0 Å². The third-order valence-electron chi connectivity index (χ3n) is 14.0. The van der Waals surface area contributed by atoms with Crippen LogP contribution in [0.3, 0.4) is 0 Å². The molecule has 2 heteroatoms. The van der Waals surface area contributed by atoms with Crippen molar-refractivity contribution in [2.24, 2.45) is 0 Å². The third kappa shape index (κ3) is 4.76. The number of thiophene rings is 1. The summed E-state index contributed by atoms with van der Waals surface area (Å²) in [6, 6.07) is 84.2. The maximum absolute atomic E-state index is 2.53. The lowest BCUT2D eigenvalue weighted by atomic mass is 9.70. The van der Waals surface area contributed by atoms with Gasteiger partial charge >= 0.3 is 0 Å². The van der Waals surface area contributed by atoms with Gasteiger partial charge in [-0.1, -0.05) is 176 Å². The van der Waals surface area contributed by atoms with Gasteiger partial charge in [0, 0.05) is 37.1 Å². The van der Waals surface area contributed by atoms with Crippen LogP contribution < -0.4 is 4.90 Å². The first-order chi connectivity index (χ1) is 31.3. The molecule has 0 aliphatic heterocycles. The molecule has 0 saturated carbocycles. The molecule has 1 heterocycles. The molecule has 0 radical (unpaired) electrons. The fraction of sp³-hybridized carbons (Fsp3) is 0.0164. The minimum atomic E-state index is -0.445. The van der Waals surface area contributed by atoms with Crippen LogP contribution in [0.1, 0.15) is 22.3 Å². The zero-order chi connectivity index (χ0) is 41.2. The van der Waals surface area contributed by atoms with E-state index in [1.54, 1.807) is 0 Å². The fourth-order valence-corrected chi connectivity index (χ4v) is 12.6. The van der Waals surface area contributed by atoms with E-state index in [9.17, 15) is 0 Å². The highest BCUT2D eigenvalue weighted by atomic mass is 32.1. The predicted molar refractivity (Wildman–Crippen MR) is 268 cm³/mol. The van der Waals surface area contributed by atoms with Gasteiger partial charge in [0.1, 0.15) is 0 Å². The van der Waals surface area contributed by atoms with Gasteiger partial charge in [-0.15, -0.1) is 11.3 Å². The van der Waals surface area contributed by atoms with Crippen LogP contribution in [0.4, 0.5) is 17.1 Å². The van der Waals surface area contributed by atoms with Crippen molar-refractivity contribution < 1.29 is 0 Å². The van der Waals surface area contributed by atoms with E-state index in [2.05, 4.69) is 229 Å². The van der Waals surface area contributed by atoms with E-state index in [0.29, 0.717) is 0 Å². The Kier molecular flexibility index (Phi) is 7.26. The molecule has 292 valence electrons. The lowest BCUT2D eigenvalue weighted by Gasteiger charge is -2.32. The molecule has 12 aromatic rings. The number of nitrogens with zero attached hydrogens (tertiary/aromatic N) is 1. The molecule has 0 unspecified atom stereocenters. The Morgan fingerprint density at radius 2 is 0.810 bits per heavy atom. The minimum Gasteiger partial charge on any atom is -0.310 e. The molecule has 1 nitrogen and oxygen atoms in total. The molecular formula is C61H37NS. The van der Waals surface area contributed by atoms with Gasteiger partial charge < -0.3 is 4.90 Å². The number of anilines is 3. The summed E-state index contributed by atoms with van der Waals surface area (Å²) in [5, 5.41) is 10.2. The predicted octanol–water partition coefficient (Wildman–Crippen LogP) is 17.0. The summed E-state index contributed by atoms with van der Waals surface area (Å²) in [6.07, 6.45) is 0. The molecule has 0 N–H and O–H groups in total. The van der Waals surface area contributed by atoms with E-state index in [1.165, 1.54) is 114 Å². The van der Waals surface area contributed by atoms with E-state index in [0.717, 1.165) is 11.4 Å². The van der Waals surface area contributed by atoms with Crippen molar-refractivity contribution in [2.75, 3.05) is 4.90 Å². The number of benzene rings is 11. The second-order valence-corrected chi connectivity index (χ2v) is 18.2. The van der Waals surface area contributed by atoms with Crippen molar-refractivity contribution in [3.05, 3.63) is 247 Å². The molecule has 0 bridgehead atoms. The van der Waals surface area contributed by atoms with E-state index in [4.69, 9.17) is 0 Å². The average Bonchev–Trinajstić information content (AvgIpc) is 3.98. The summed E-state index contributed by atoms with van der Waals surface area (Å²) < 4.78 is 2.64. The quantitative estimate of drug-likeness (QED) is 0.160. The van der Waals surface area contributed by atoms with Crippen LogP contribution >= 0.6 is 11.3 Å². The van der Waals surface area contributed by atoms with E-state index in [1.807, 2.05) is 11.3 Å². The van der Waals surface area contributed by atoms with Crippen LogP contribution in [-0.4, -0.2) is 0 Å². The second-order valence-electron chi connectivity index (χ2n) is 17.1. The number of hydrogen-bond donors (Lipinski definition) is 0. The third-order valence-corrected chi connectivity index (χ3v) is 15.2. The molecule has 0 saturated heterocycles. The van der Waals surface area contributed by atoms with Crippen molar-refractivity contribution in [1.82, 2.24) is 0 Å². The van der Waals surface area contributed by atoms with Gasteiger partial charge in [0.25, 0.3) is 0 Å². The first-order valence-electron chi connectivity index (χ1n) is 21.8. The molecule has 63 heavy (non-hydrogen) atoms. The van der Waals surface area contributed by atoms with Crippen LogP contribution in [0, 0.1) is 0 Å². The maximum atomic E-state index is 2.53. The first kappa shape index (κ1) is 34.9. The van der Waals surface area contributed by atoms with Gasteiger partial charge in [-0.2, -0.15) is 0 Å². The van der Waals surface area contributed by atoms with Crippen LogP contribution in [0.25, 0.3) is 85.9 Å². The normalized spacial score (nSPS) is 13.2. The molecule has 11 aromatic carbocycles. The summed E-state index contributed by atoms with van der Waals surface area (Å²) in [6.45, 7) is 0. The van der Waals surface area contributed by atoms with Gasteiger partial charge in [0.2, 0.25) is 0 Å². The highest BCUT2D eigenvalue weighted by molar-refractivity contribution is 7.25. The Morgan fingerprint density at radius 1 is 0.302 bits per heavy atom. The summed E-state index contributed by atoms with van der Waals surface area (Å²) in [7, 11) is 0. The van der Waals surface area contributed by atoms with E-state index < -0.39 is 5.41 Å². The fourth-order valence-electron chi connectivity index (χ4n) is 11.5. The van der Waals surface area contributed by atoms with Crippen molar-refractivity contribution >= 4 is 80.9 Å². The number of hydrogen-bond acceptors (Lipinski definition) is 2. The van der Waals surface area contributed by atoms with Crippen LogP contribution in [0.15, 0.2) is 224 Å². The van der Waals surface area contributed by atoms with Crippen molar-refractivity contribution in [3.8, 4) is 33.4 Å². The minimum absolute atomic E-state index is 0.445. The monoisotopic (exact) mass is 815 g/mol. The molecule has 1 aromatic heterocycles. The van der Waals surface area contributed by atoms with Crippen LogP contribution in [0.2, 0.25) is 0 Å². The largest absolute Gasteiger partial charge is 0.310 e. The van der Waals surface area contributed by atoms with E-state index >= 15 is 0 Å². The molecule has 0 atom stereocenters. The van der Waals surface area contributed by atoms with Crippen molar-refractivity contribution in [2.45, 2.75) is 5.41 Å². The Hall–Kier alpha value is -7.78. The smallest absolute Gasteiger partial charge is 0.0726 e. The molecule has 2 aliphatic rings. The lowest BCUT2D eigenvalue weighted by Crippen LogP contribution is -2.26. The zero-order valence-electron chi connectivity index (χ0n) is 34.2. The van der Waals surface area contributed by atoms with Gasteiger partial charge in [0.15, 0.2) is 0 Å².